The van der Waals surface area contributed by atoms with Crippen LogP contribution in [0.2, 0.25) is 0 Å². The van der Waals surface area contributed by atoms with Crippen LogP contribution >= 0.6 is 0 Å². The molecule has 0 radical (unpaired) electrons. The number of hydrogen-bond donors (Lipinski definition) is 2. The first-order chi connectivity index (χ1) is 10.0. The molecule has 21 heavy (non-hydrogen) atoms. The van der Waals surface area contributed by atoms with E-state index in [9.17, 15) is 14.4 Å². The summed E-state index contributed by atoms with van der Waals surface area (Å²) in [5, 5.41) is 0. The third-order valence-corrected chi connectivity index (χ3v) is 3.04. The number of benzene rings is 1. The molecule has 0 unspecified atom stereocenters. The Balaban J connectivity index is 2.41. The van der Waals surface area contributed by atoms with Crippen molar-refractivity contribution in [2.24, 2.45) is 0 Å². The van der Waals surface area contributed by atoms with Crippen molar-refractivity contribution in [2.75, 3.05) is 12.8 Å². The molecule has 0 aliphatic rings. The number of aromatic amines is 1. The minimum Gasteiger partial charge on any atom is -0.468 e. The van der Waals surface area contributed by atoms with Crippen LogP contribution in [0.15, 0.2) is 39.9 Å². The third kappa shape index (κ3) is 3.19. The summed E-state index contributed by atoms with van der Waals surface area (Å²) in [5.74, 6) is -0.696. The fourth-order valence-corrected chi connectivity index (χ4v) is 1.91. The lowest BCUT2D eigenvalue weighted by molar-refractivity contribution is -0.141. The molecule has 2 rings (SSSR count). The van der Waals surface area contributed by atoms with E-state index < -0.39 is 23.8 Å². The molecule has 0 fully saturated rings. The summed E-state index contributed by atoms with van der Waals surface area (Å²) in [6, 6.07) is 9.28. The maximum Gasteiger partial charge on any atom is 0.329 e. The molecular formula is C14H15N3O4. The van der Waals surface area contributed by atoms with E-state index in [1.54, 1.807) is 0 Å². The monoisotopic (exact) mass is 289 g/mol. The average molecular weight is 289 g/mol. The third-order valence-electron chi connectivity index (χ3n) is 3.04. The number of esters is 1. The van der Waals surface area contributed by atoms with Crippen molar-refractivity contribution in [1.29, 1.82) is 0 Å². The predicted octanol–water partition coefficient (Wildman–Crippen LogP) is -0.117. The smallest absolute Gasteiger partial charge is 0.329 e. The highest BCUT2D eigenvalue weighted by Crippen LogP contribution is 2.09. The molecule has 1 heterocycles. The Hall–Kier alpha value is -2.83. The van der Waals surface area contributed by atoms with Gasteiger partial charge in [0.05, 0.1) is 12.8 Å². The van der Waals surface area contributed by atoms with Crippen LogP contribution in [0, 0.1) is 0 Å². The highest BCUT2D eigenvalue weighted by atomic mass is 16.5. The summed E-state index contributed by atoms with van der Waals surface area (Å²) >= 11 is 0. The first kappa shape index (κ1) is 14.6. The number of nitrogens with one attached hydrogen (secondary N) is 1. The number of H-pyrrole nitrogens is 1. The number of methoxy groups -OCH3 is 1. The van der Waals surface area contributed by atoms with Crippen LogP contribution in [0.25, 0.3) is 0 Å². The van der Waals surface area contributed by atoms with Crippen LogP contribution < -0.4 is 17.0 Å². The van der Waals surface area contributed by atoms with Gasteiger partial charge < -0.3 is 15.5 Å². The second-order valence-electron chi connectivity index (χ2n) is 4.45. The number of nitrogen functional groups attached to an aromatic ring is 1. The first-order valence-electron chi connectivity index (χ1n) is 6.25. The second-order valence-corrected chi connectivity index (χ2v) is 4.45. The van der Waals surface area contributed by atoms with E-state index in [0.29, 0.717) is 12.1 Å². The van der Waals surface area contributed by atoms with Crippen molar-refractivity contribution < 1.29 is 9.53 Å². The minimum absolute atomic E-state index is 0.0812. The van der Waals surface area contributed by atoms with E-state index in [4.69, 9.17) is 5.73 Å². The molecule has 0 amide bonds. The lowest BCUT2D eigenvalue weighted by Gasteiger charge is -2.09. The molecule has 7 nitrogen and oxygen atoms in total. The van der Waals surface area contributed by atoms with E-state index >= 15 is 0 Å². The molecule has 0 saturated heterocycles. The van der Waals surface area contributed by atoms with Gasteiger partial charge in [0.1, 0.15) is 12.2 Å². The lowest BCUT2D eigenvalue weighted by atomic mass is 10.1. The number of rotatable bonds is 4. The molecule has 0 spiro atoms. The van der Waals surface area contributed by atoms with Gasteiger partial charge in [0.25, 0.3) is 5.56 Å². The molecule has 0 atom stereocenters. The summed E-state index contributed by atoms with van der Waals surface area (Å²) < 4.78 is 5.16. The van der Waals surface area contributed by atoms with Gasteiger partial charge in [-0.3, -0.25) is 9.59 Å². The van der Waals surface area contributed by atoms with E-state index in [0.717, 1.165) is 10.1 Å². The highest BCUT2D eigenvalue weighted by Gasteiger charge is 2.14. The number of hydrogen-bond acceptors (Lipinski definition) is 5. The Morgan fingerprint density at radius 3 is 2.57 bits per heavy atom. The van der Waals surface area contributed by atoms with Gasteiger partial charge in [-0.2, -0.15) is 0 Å². The van der Waals surface area contributed by atoms with Crippen LogP contribution in [0.3, 0.4) is 0 Å². The molecular weight excluding hydrogens is 274 g/mol. The van der Waals surface area contributed by atoms with Crippen LogP contribution in [0.1, 0.15) is 11.3 Å². The fourth-order valence-electron chi connectivity index (χ4n) is 1.91. The zero-order chi connectivity index (χ0) is 15.4. The van der Waals surface area contributed by atoms with Gasteiger partial charge in [0.2, 0.25) is 0 Å². The van der Waals surface area contributed by atoms with Crippen molar-refractivity contribution in [3.63, 3.8) is 0 Å². The van der Waals surface area contributed by atoms with E-state index in [-0.39, 0.29) is 5.69 Å². The normalized spacial score (nSPS) is 10.3. The summed E-state index contributed by atoms with van der Waals surface area (Å²) in [6.07, 6.45) is 0.330. The largest absolute Gasteiger partial charge is 0.468 e. The molecule has 1 aromatic carbocycles. The van der Waals surface area contributed by atoms with Gasteiger partial charge >= 0.3 is 11.7 Å². The van der Waals surface area contributed by atoms with Crippen molar-refractivity contribution >= 4 is 11.7 Å². The Kier molecular flexibility index (Phi) is 4.22. The van der Waals surface area contributed by atoms with Crippen LogP contribution in [-0.4, -0.2) is 22.6 Å². The van der Waals surface area contributed by atoms with Crippen molar-refractivity contribution in [3.05, 3.63) is 62.4 Å². The Morgan fingerprint density at radius 1 is 1.29 bits per heavy atom. The van der Waals surface area contributed by atoms with Gasteiger partial charge in [-0.05, 0) is 5.56 Å². The van der Waals surface area contributed by atoms with E-state index in [1.165, 1.54) is 7.11 Å². The summed E-state index contributed by atoms with van der Waals surface area (Å²) in [6.45, 7) is -0.472. The van der Waals surface area contributed by atoms with Crippen molar-refractivity contribution in [2.45, 2.75) is 13.0 Å². The number of carbonyl (C=O) groups is 1. The lowest BCUT2D eigenvalue weighted by Crippen LogP contribution is -2.40. The predicted molar refractivity (Wildman–Crippen MR) is 77.0 cm³/mol. The van der Waals surface area contributed by atoms with Crippen LogP contribution in [0.4, 0.5) is 5.69 Å². The molecule has 0 aliphatic heterocycles. The van der Waals surface area contributed by atoms with Crippen molar-refractivity contribution in [3.8, 4) is 0 Å². The number of nitrogens with two attached hydrogens (primary N) is 1. The van der Waals surface area contributed by atoms with Crippen molar-refractivity contribution in [1.82, 2.24) is 9.55 Å². The quantitative estimate of drug-likeness (QED) is 0.763. The summed E-state index contributed by atoms with van der Waals surface area (Å²) in [7, 11) is 1.18. The highest BCUT2D eigenvalue weighted by molar-refractivity contribution is 5.69. The first-order valence-corrected chi connectivity index (χ1v) is 6.25. The molecule has 2 aromatic rings. The van der Waals surface area contributed by atoms with Gasteiger partial charge in [-0.15, -0.1) is 0 Å². The molecule has 0 aliphatic carbocycles. The van der Waals surface area contributed by atoms with Gasteiger partial charge in [-0.1, -0.05) is 30.3 Å². The summed E-state index contributed by atoms with van der Waals surface area (Å²) in [5.41, 5.74) is 5.53. The van der Waals surface area contributed by atoms with Gasteiger partial charge in [-0.25, -0.2) is 9.36 Å². The summed E-state index contributed by atoms with van der Waals surface area (Å²) in [4.78, 5) is 37.7. The van der Waals surface area contributed by atoms with Crippen LogP contribution in [-0.2, 0) is 22.5 Å². The number of nitrogens with zero attached hydrogens (tertiary/aromatic N) is 1. The van der Waals surface area contributed by atoms with E-state index in [2.05, 4.69) is 9.72 Å². The van der Waals surface area contributed by atoms with Crippen LogP contribution in [0.5, 0.6) is 0 Å². The fraction of sp³-hybridized carbons (Fsp3) is 0.214. The number of aromatic nitrogens is 2. The maximum atomic E-state index is 12.1. The molecule has 110 valence electrons. The average Bonchev–Trinajstić information content (AvgIpc) is 2.49. The molecule has 1 aromatic heterocycles. The zero-order valence-corrected chi connectivity index (χ0v) is 11.5. The SMILES string of the molecule is COC(=O)Cn1c(=O)[nH]c(Cc2ccccc2)c(N)c1=O. The topological polar surface area (TPSA) is 107 Å². The Labute approximate surface area is 120 Å². The molecule has 0 bridgehead atoms. The number of carbonyl (C=O) groups excluding carboxylic acids is 1. The molecule has 3 N–H and O–H groups in total. The zero-order valence-electron chi connectivity index (χ0n) is 11.5. The minimum atomic E-state index is -0.699. The Morgan fingerprint density at radius 2 is 1.95 bits per heavy atom. The number of anilines is 1. The van der Waals surface area contributed by atoms with Gasteiger partial charge in [0, 0.05) is 6.42 Å². The standard InChI is InChI=1S/C14H15N3O4/c1-21-11(18)8-17-13(19)12(15)10(16-14(17)20)7-9-5-3-2-4-6-9/h2-6H,7-8,15H2,1H3,(H,16,20). The Bertz CT molecular complexity index is 762. The number of ether oxygens (including phenoxy) is 1. The van der Waals surface area contributed by atoms with Gasteiger partial charge in [0.15, 0.2) is 0 Å². The maximum absolute atomic E-state index is 12.1. The molecule has 0 saturated carbocycles. The van der Waals surface area contributed by atoms with E-state index in [1.807, 2.05) is 30.3 Å². The second kappa shape index (κ2) is 6.08. The molecule has 7 heteroatoms.